The summed E-state index contributed by atoms with van der Waals surface area (Å²) < 4.78 is 12.4. The molecule has 1 aromatic heterocycles. The van der Waals surface area contributed by atoms with Crippen LogP contribution < -0.4 is 14.9 Å². The van der Waals surface area contributed by atoms with Crippen molar-refractivity contribution < 1.29 is 9.47 Å². The highest BCUT2D eigenvalue weighted by atomic mass is 127. The first kappa shape index (κ1) is 18.2. The number of pyridine rings is 1. The molecule has 0 atom stereocenters. The van der Waals surface area contributed by atoms with Gasteiger partial charge in [-0.3, -0.25) is 10.4 Å². The van der Waals surface area contributed by atoms with Gasteiger partial charge in [0.2, 0.25) is 0 Å². The lowest BCUT2D eigenvalue weighted by Gasteiger charge is -2.13. The monoisotopic (exact) mass is 459 g/mol. The van der Waals surface area contributed by atoms with E-state index in [1.165, 1.54) is 0 Å². The second-order valence-corrected chi connectivity index (χ2v) is 6.58. The Labute approximate surface area is 166 Å². The van der Waals surface area contributed by atoms with E-state index >= 15 is 0 Å². The quantitative estimate of drug-likeness (QED) is 0.316. The van der Waals surface area contributed by atoms with Crippen LogP contribution in [0.4, 0.5) is 5.69 Å². The summed E-state index contributed by atoms with van der Waals surface area (Å²) in [5.74, 6) is 1.41. The first-order valence-corrected chi connectivity index (χ1v) is 9.07. The molecule has 1 heterocycles. The predicted octanol–water partition coefficient (Wildman–Crippen LogP) is 4.72. The van der Waals surface area contributed by atoms with E-state index in [9.17, 15) is 0 Å². The van der Waals surface area contributed by atoms with Gasteiger partial charge in [0.05, 0.1) is 22.6 Å². The van der Waals surface area contributed by atoms with Gasteiger partial charge in [-0.15, -0.1) is 0 Å². The normalized spacial score (nSPS) is 10.7. The molecule has 3 aromatic rings. The number of hydrogen-bond donors (Lipinski definition) is 1. The molecule has 5 nitrogen and oxygen atoms in total. The van der Waals surface area contributed by atoms with Crippen LogP contribution in [0.5, 0.6) is 11.5 Å². The number of aromatic nitrogens is 1. The van der Waals surface area contributed by atoms with Gasteiger partial charge in [0, 0.05) is 12.4 Å². The predicted molar refractivity (Wildman–Crippen MR) is 112 cm³/mol. The highest BCUT2D eigenvalue weighted by molar-refractivity contribution is 14.1. The molecule has 3 rings (SSSR count). The molecule has 26 heavy (non-hydrogen) atoms. The zero-order chi connectivity index (χ0) is 18.2. The summed E-state index contributed by atoms with van der Waals surface area (Å²) in [4.78, 5) is 3.97. The second kappa shape index (κ2) is 9.19. The zero-order valence-electron chi connectivity index (χ0n) is 14.2. The number of benzene rings is 2. The lowest BCUT2D eigenvalue weighted by molar-refractivity contribution is 0.282. The molecule has 6 heteroatoms. The summed E-state index contributed by atoms with van der Waals surface area (Å²) >= 11 is 2.25. The Balaban J connectivity index is 1.72. The molecule has 0 radical (unpaired) electrons. The highest BCUT2D eigenvalue weighted by Gasteiger charge is 2.11. The minimum Gasteiger partial charge on any atom is -0.493 e. The molecular weight excluding hydrogens is 441 g/mol. The third kappa shape index (κ3) is 4.95. The van der Waals surface area contributed by atoms with Crippen molar-refractivity contribution in [3.63, 3.8) is 0 Å². The van der Waals surface area contributed by atoms with Crippen molar-refractivity contribution in [2.75, 3.05) is 12.5 Å². The van der Waals surface area contributed by atoms with Crippen LogP contribution in [0.1, 0.15) is 11.1 Å². The van der Waals surface area contributed by atoms with Gasteiger partial charge < -0.3 is 9.47 Å². The number of hydrogen-bond acceptors (Lipinski definition) is 5. The molecular formula is C20H18IN3O2. The van der Waals surface area contributed by atoms with Crippen LogP contribution in [-0.2, 0) is 6.61 Å². The molecule has 132 valence electrons. The van der Waals surface area contributed by atoms with Gasteiger partial charge in [0.25, 0.3) is 0 Å². The highest BCUT2D eigenvalue weighted by Crippen LogP contribution is 2.34. The van der Waals surface area contributed by atoms with Crippen LogP contribution in [0.25, 0.3) is 0 Å². The van der Waals surface area contributed by atoms with Crippen LogP contribution >= 0.6 is 22.6 Å². The summed E-state index contributed by atoms with van der Waals surface area (Å²) in [6.07, 6.45) is 5.16. The molecule has 0 aliphatic heterocycles. The van der Waals surface area contributed by atoms with Crippen LogP contribution in [0.15, 0.2) is 72.1 Å². The van der Waals surface area contributed by atoms with E-state index in [0.29, 0.717) is 12.4 Å². The Kier molecular flexibility index (Phi) is 6.43. The van der Waals surface area contributed by atoms with E-state index in [1.54, 1.807) is 25.7 Å². The Morgan fingerprint density at radius 1 is 1.12 bits per heavy atom. The van der Waals surface area contributed by atoms with E-state index in [2.05, 4.69) is 38.1 Å². The Morgan fingerprint density at radius 2 is 1.88 bits per heavy atom. The average molecular weight is 459 g/mol. The standard InChI is InChI=1S/C20H18IN3O2/c1-25-19-12-16(13-23-24-17-7-9-22-10-8-17)11-18(21)20(19)26-14-15-5-3-2-4-6-15/h2-13H,14H2,1H3,(H,22,24)/b23-13+. The van der Waals surface area contributed by atoms with Crippen molar-refractivity contribution >= 4 is 34.5 Å². The van der Waals surface area contributed by atoms with E-state index in [-0.39, 0.29) is 0 Å². The Bertz CT molecular complexity index is 871. The van der Waals surface area contributed by atoms with Crippen molar-refractivity contribution in [2.45, 2.75) is 6.61 Å². The van der Waals surface area contributed by atoms with Gasteiger partial charge in [0.1, 0.15) is 6.61 Å². The van der Waals surface area contributed by atoms with Crippen LogP contribution in [0, 0.1) is 3.57 Å². The number of nitrogens with zero attached hydrogens (tertiary/aromatic N) is 2. The van der Waals surface area contributed by atoms with Crippen molar-refractivity contribution in [3.8, 4) is 11.5 Å². The van der Waals surface area contributed by atoms with Crippen LogP contribution in [0.3, 0.4) is 0 Å². The van der Waals surface area contributed by atoms with E-state index in [0.717, 1.165) is 26.1 Å². The SMILES string of the molecule is COc1cc(/C=N/Nc2ccncc2)cc(I)c1OCc1ccccc1. The van der Waals surface area contributed by atoms with Crippen molar-refractivity contribution in [1.82, 2.24) is 4.98 Å². The maximum absolute atomic E-state index is 5.97. The molecule has 0 saturated heterocycles. The van der Waals surface area contributed by atoms with E-state index < -0.39 is 0 Å². The third-order valence-corrected chi connectivity index (χ3v) is 4.37. The Morgan fingerprint density at radius 3 is 2.62 bits per heavy atom. The number of ether oxygens (including phenoxy) is 2. The smallest absolute Gasteiger partial charge is 0.174 e. The third-order valence-electron chi connectivity index (χ3n) is 3.57. The number of nitrogens with one attached hydrogen (secondary N) is 1. The summed E-state index contributed by atoms with van der Waals surface area (Å²) in [7, 11) is 1.64. The van der Waals surface area contributed by atoms with Crippen molar-refractivity contribution in [1.29, 1.82) is 0 Å². The lowest BCUT2D eigenvalue weighted by Crippen LogP contribution is -2.01. The number of rotatable bonds is 7. The summed E-state index contributed by atoms with van der Waals surface area (Å²) in [5.41, 5.74) is 5.87. The number of anilines is 1. The fraction of sp³-hybridized carbons (Fsp3) is 0.100. The number of hydrazone groups is 1. The summed E-state index contributed by atoms with van der Waals surface area (Å²) in [6, 6.07) is 17.6. The van der Waals surface area contributed by atoms with E-state index in [4.69, 9.17) is 9.47 Å². The molecule has 1 N–H and O–H groups in total. The molecule has 0 unspecified atom stereocenters. The Hall–Kier alpha value is -2.61. The van der Waals surface area contributed by atoms with Crippen LogP contribution in [-0.4, -0.2) is 18.3 Å². The maximum Gasteiger partial charge on any atom is 0.174 e. The molecule has 0 saturated carbocycles. The lowest BCUT2D eigenvalue weighted by atomic mass is 10.2. The van der Waals surface area contributed by atoms with Crippen LogP contribution in [0.2, 0.25) is 0 Å². The van der Waals surface area contributed by atoms with Crippen molar-refractivity contribution in [3.05, 3.63) is 81.7 Å². The second-order valence-electron chi connectivity index (χ2n) is 5.41. The fourth-order valence-corrected chi connectivity index (χ4v) is 3.07. The topological polar surface area (TPSA) is 55.7 Å². The molecule has 0 spiro atoms. The van der Waals surface area contributed by atoms with Gasteiger partial charge >= 0.3 is 0 Å². The number of methoxy groups -OCH3 is 1. The van der Waals surface area contributed by atoms with Crippen molar-refractivity contribution in [2.24, 2.45) is 5.10 Å². The number of halogens is 1. The van der Waals surface area contributed by atoms with Gasteiger partial charge in [-0.1, -0.05) is 30.3 Å². The zero-order valence-corrected chi connectivity index (χ0v) is 16.4. The summed E-state index contributed by atoms with van der Waals surface area (Å²) in [6.45, 7) is 0.490. The first-order chi connectivity index (χ1) is 12.8. The van der Waals surface area contributed by atoms with Gasteiger partial charge in [-0.2, -0.15) is 5.10 Å². The molecule has 0 aliphatic rings. The van der Waals surface area contributed by atoms with Gasteiger partial charge in [0.15, 0.2) is 11.5 Å². The maximum atomic E-state index is 5.97. The van der Waals surface area contributed by atoms with Gasteiger partial charge in [-0.05, 0) is 58.0 Å². The van der Waals surface area contributed by atoms with E-state index in [1.807, 2.05) is 54.6 Å². The minimum absolute atomic E-state index is 0.490. The molecule has 2 aromatic carbocycles. The summed E-state index contributed by atoms with van der Waals surface area (Å²) in [5, 5.41) is 4.25. The molecule has 0 fully saturated rings. The van der Waals surface area contributed by atoms with Gasteiger partial charge in [-0.25, -0.2) is 0 Å². The first-order valence-electron chi connectivity index (χ1n) is 7.99. The average Bonchev–Trinajstić information content (AvgIpc) is 2.68. The largest absolute Gasteiger partial charge is 0.493 e. The fourth-order valence-electron chi connectivity index (χ4n) is 2.29. The molecule has 0 aliphatic carbocycles. The minimum atomic E-state index is 0.490. The molecule has 0 amide bonds. The molecule has 0 bridgehead atoms.